The van der Waals surface area contributed by atoms with E-state index in [2.05, 4.69) is 9.73 Å². The third kappa shape index (κ3) is 2.64. The molecule has 1 aliphatic rings. The summed E-state index contributed by atoms with van der Waals surface area (Å²) in [6.45, 7) is 0.759. The molecule has 0 N–H and O–H groups in total. The quantitative estimate of drug-likeness (QED) is 0.785. The fraction of sp³-hybridized carbons (Fsp3) is 0.333. The Morgan fingerprint density at radius 2 is 2.15 bits per heavy atom. The number of ether oxygens (including phenoxy) is 2. The van der Waals surface area contributed by atoms with Crippen LogP contribution in [0.15, 0.2) is 22.0 Å². The molecule has 2 rings (SSSR count). The minimum atomic E-state index is -3.54. The van der Waals surface area contributed by atoms with Gasteiger partial charge in [0.2, 0.25) is 5.90 Å². The summed E-state index contributed by atoms with van der Waals surface area (Å²) in [7, 11) is -2.33. The number of aliphatic imine (C=N–C) groups is 1. The number of methoxy groups -OCH3 is 1. The molecule has 0 spiro atoms. The van der Waals surface area contributed by atoms with E-state index >= 15 is 0 Å². The van der Waals surface area contributed by atoms with Crippen LogP contribution >= 0.6 is 11.6 Å². The molecule has 0 amide bonds. The summed E-state index contributed by atoms with van der Waals surface area (Å²) < 4.78 is 33.5. The standard InChI is InChI=1S/C12H12ClNO5S/c1-18-12(15)7-3-4-8(20(2,16)17)9(10(7)13)11-14-5-6-19-11/h3-4H,5-6H2,1-2H3. The molecule has 0 atom stereocenters. The van der Waals surface area contributed by atoms with Gasteiger partial charge in [0, 0.05) is 6.26 Å². The Labute approximate surface area is 121 Å². The van der Waals surface area contributed by atoms with Crippen LogP contribution in [0.5, 0.6) is 0 Å². The predicted molar refractivity (Wildman–Crippen MR) is 73.3 cm³/mol. The molecular weight excluding hydrogens is 306 g/mol. The number of nitrogens with zero attached hydrogens (tertiary/aromatic N) is 1. The smallest absolute Gasteiger partial charge is 0.339 e. The van der Waals surface area contributed by atoms with E-state index in [9.17, 15) is 13.2 Å². The molecule has 1 aromatic carbocycles. The van der Waals surface area contributed by atoms with Crippen LogP contribution in [0, 0.1) is 0 Å². The van der Waals surface area contributed by atoms with E-state index in [-0.39, 0.29) is 26.9 Å². The summed E-state index contributed by atoms with van der Waals surface area (Å²) in [6, 6.07) is 2.61. The van der Waals surface area contributed by atoms with Gasteiger partial charge in [0.05, 0.1) is 34.7 Å². The second kappa shape index (κ2) is 5.41. The molecule has 0 saturated heterocycles. The van der Waals surface area contributed by atoms with Gasteiger partial charge in [-0.2, -0.15) is 0 Å². The van der Waals surface area contributed by atoms with Crippen molar-refractivity contribution < 1.29 is 22.7 Å². The number of sulfone groups is 1. The van der Waals surface area contributed by atoms with Crippen LogP contribution in [0.25, 0.3) is 0 Å². The molecule has 0 unspecified atom stereocenters. The van der Waals surface area contributed by atoms with E-state index in [1.807, 2.05) is 0 Å². The summed E-state index contributed by atoms with van der Waals surface area (Å²) in [5.41, 5.74) is 0.171. The molecule has 6 nitrogen and oxygen atoms in total. The molecule has 108 valence electrons. The highest BCUT2D eigenvalue weighted by Gasteiger charge is 2.27. The topological polar surface area (TPSA) is 82.0 Å². The van der Waals surface area contributed by atoms with E-state index in [0.717, 1.165) is 6.26 Å². The Morgan fingerprint density at radius 3 is 2.65 bits per heavy atom. The first-order valence-electron chi connectivity index (χ1n) is 5.64. The summed E-state index contributed by atoms with van der Waals surface area (Å²) >= 11 is 6.15. The molecule has 8 heteroatoms. The van der Waals surface area contributed by atoms with E-state index < -0.39 is 15.8 Å². The number of hydrogen-bond donors (Lipinski definition) is 0. The molecule has 0 saturated carbocycles. The second-order valence-electron chi connectivity index (χ2n) is 4.10. The highest BCUT2D eigenvalue weighted by Crippen LogP contribution is 2.30. The lowest BCUT2D eigenvalue weighted by Gasteiger charge is -2.12. The van der Waals surface area contributed by atoms with Crippen LogP contribution in [0.2, 0.25) is 5.02 Å². The lowest BCUT2D eigenvalue weighted by atomic mass is 10.1. The Balaban J connectivity index is 2.73. The maximum Gasteiger partial charge on any atom is 0.339 e. The first kappa shape index (κ1) is 14.8. The van der Waals surface area contributed by atoms with Crippen molar-refractivity contribution in [2.45, 2.75) is 4.90 Å². The minimum Gasteiger partial charge on any atom is -0.475 e. The normalized spacial score (nSPS) is 14.7. The van der Waals surface area contributed by atoms with Crippen molar-refractivity contribution in [2.75, 3.05) is 26.5 Å². The highest BCUT2D eigenvalue weighted by atomic mass is 35.5. The van der Waals surface area contributed by atoms with Crippen LogP contribution in [0.4, 0.5) is 0 Å². The number of carbonyl (C=O) groups is 1. The SMILES string of the molecule is COC(=O)c1ccc(S(C)(=O)=O)c(C2=NCCO2)c1Cl. The fourth-order valence-electron chi connectivity index (χ4n) is 1.82. The third-order valence-electron chi connectivity index (χ3n) is 2.71. The molecule has 0 fully saturated rings. The van der Waals surface area contributed by atoms with Crippen molar-refractivity contribution in [1.29, 1.82) is 0 Å². The first-order valence-corrected chi connectivity index (χ1v) is 7.91. The summed E-state index contributed by atoms with van der Waals surface area (Å²) in [5, 5.41) is -0.0413. The third-order valence-corrected chi connectivity index (χ3v) is 4.24. The minimum absolute atomic E-state index is 0.0317. The number of carbonyl (C=O) groups excluding carboxylic acids is 1. The molecule has 1 aromatic rings. The van der Waals surface area contributed by atoms with Crippen molar-refractivity contribution in [2.24, 2.45) is 4.99 Å². The van der Waals surface area contributed by atoms with Crippen LogP contribution in [0.1, 0.15) is 15.9 Å². The van der Waals surface area contributed by atoms with Crippen LogP contribution < -0.4 is 0 Å². The van der Waals surface area contributed by atoms with Crippen molar-refractivity contribution in [3.05, 3.63) is 28.3 Å². The van der Waals surface area contributed by atoms with Gasteiger partial charge in [-0.25, -0.2) is 18.2 Å². The van der Waals surface area contributed by atoms with Gasteiger partial charge in [0.25, 0.3) is 0 Å². The van der Waals surface area contributed by atoms with Gasteiger partial charge >= 0.3 is 5.97 Å². The molecule has 0 aromatic heterocycles. The fourth-order valence-corrected chi connectivity index (χ4v) is 3.07. The van der Waals surface area contributed by atoms with E-state index in [4.69, 9.17) is 16.3 Å². The van der Waals surface area contributed by atoms with Gasteiger partial charge in [-0.05, 0) is 12.1 Å². The van der Waals surface area contributed by atoms with Gasteiger partial charge in [0.15, 0.2) is 9.84 Å². The zero-order chi connectivity index (χ0) is 14.9. The van der Waals surface area contributed by atoms with E-state index in [0.29, 0.717) is 13.2 Å². The molecule has 0 radical (unpaired) electrons. The Bertz CT molecular complexity index is 696. The summed E-state index contributed by atoms with van der Waals surface area (Å²) in [5.74, 6) is -0.531. The second-order valence-corrected chi connectivity index (χ2v) is 6.46. The van der Waals surface area contributed by atoms with Gasteiger partial charge in [-0.1, -0.05) is 11.6 Å². The van der Waals surface area contributed by atoms with Crippen molar-refractivity contribution in [1.82, 2.24) is 0 Å². The van der Waals surface area contributed by atoms with Gasteiger partial charge in [-0.3, -0.25) is 0 Å². The van der Waals surface area contributed by atoms with E-state index in [1.54, 1.807) is 0 Å². The van der Waals surface area contributed by atoms with Gasteiger partial charge < -0.3 is 9.47 Å². The molecular formula is C12H12ClNO5S. The number of hydrogen-bond acceptors (Lipinski definition) is 6. The maximum atomic E-state index is 11.8. The number of rotatable bonds is 3. The average Bonchev–Trinajstić information content (AvgIpc) is 2.89. The molecule has 20 heavy (non-hydrogen) atoms. The zero-order valence-corrected chi connectivity index (χ0v) is 12.4. The molecule has 1 heterocycles. The maximum absolute atomic E-state index is 11.8. The summed E-state index contributed by atoms with van der Waals surface area (Å²) in [4.78, 5) is 15.7. The molecule has 0 aliphatic carbocycles. The van der Waals surface area contributed by atoms with Gasteiger partial charge in [-0.15, -0.1) is 0 Å². The first-order chi connectivity index (χ1) is 9.36. The zero-order valence-electron chi connectivity index (χ0n) is 10.8. The van der Waals surface area contributed by atoms with Crippen LogP contribution in [0.3, 0.4) is 0 Å². The van der Waals surface area contributed by atoms with Crippen LogP contribution in [-0.4, -0.2) is 46.8 Å². The monoisotopic (exact) mass is 317 g/mol. The largest absolute Gasteiger partial charge is 0.475 e. The van der Waals surface area contributed by atoms with Crippen molar-refractivity contribution in [3.63, 3.8) is 0 Å². The van der Waals surface area contributed by atoms with Crippen LogP contribution in [-0.2, 0) is 19.3 Å². The Morgan fingerprint density at radius 1 is 1.45 bits per heavy atom. The Kier molecular flexibility index (Phi) is 4.01. The lowest BCUT2D eigenvalue weighted by Crippen LogP contribution is -2.13. The lowest BCUT2D eigenvalue weighted by molar-refractivity contribution is 0.0601. The number of benzene rings is 1. The molecule has 0 bridgehead atoms. The van der Waals surface area contributed by atoms with E-state index in [1.165, 1.54) is 19.2 Å². The molecule has 1 aliphatic heterocycles. The Hall–Kier alpha value is -1.60. The van der Waals surface area contributed by atoms with Crippen molar-refractivity contribution >= 4 is 33.3 Å². The van der Waals surface area contributed by atoms with Crippen molar-refractivity contribution in [3.8, 4) is 0 Å². The average molecular weight is 318 g/mol. The predicted octanol–water partition coefficient (Wildman–Crippen LogP) is 1.31. The number of halogens is 1. The highest BCUT2D eigenvalue weighted by molar-refractivity contribution is 7.90. The van der Waals surface area contributed by atoms with Gasteiger partial charge in [0.1, 0.15) is 6.61 Å². The number of esters is 1. The summed E-state index contributed by atoms with van der Waals surface area (Å²) in [6.07, 6.45) is 1.05.